The molecule has 0 saturated carbocycles. The van der Waals surface area contributed by atoms with Crippen molar-refractivity contribution in [2.75, 3.05) is 23.5 Å². The quantitative estimate of drug-likeness (QED) is 0.326. The summed E-state index contributed by atoms with van der Waals surface area (Å²) >= 11 is 3.52. The molecule has 4 aromatic rings. The third kappa shape index (κ3) is 4.68. The minimum Gasteiger partial charge on any atom is -0.496 e. The van der Waals surface area contributed by atoms with Crippen LogP contribution in [-0.2, 0) is 11.3 Å². The van der Waals surface area contributed by atoms with Crippen LogP contribution in [0.5, 0.6) is 5.75 Å². The largest absolute Gasteiger partial charge is 0.496 e. The Hall–Kier alpha value is -4.01. The number of nitrogens with zero attached hydrogens (tertiary/aromatic N) is 2. The number of ketones is 1. The number of nitrogens with two attached hydrogens (primary N) is 1. The van der Waals surface area contributed by atoms with Crippen molar-refractivity contribution in [1.82, 2.24) is 0 Å². The molecule has 4 aromatic carbocycles. The van der Waals surface area contributed by atoms with Crippen molar-refractivity contribution < 1.29 is 19.1 Å². The lowest BCUT2D eigenvalue weighted by atomic mass is 10.0. The SMILES string of the molecule is COc1ccc2cc(Br)ccc2c1CN1C(=O)[C@@H](N)CN(C(=O)c2ccc(C(C)=O)cc2)c2ccccc21. The van der Waals surface area contributed by atoms with Crippen LogP contribution < -0.4 is 20.3 Å². The summed E-state index contributed by atoms with van der Waals surface area (Å²) in [5, 5.41) is 1.95. The Balaban J connectivity index is 1.59. The van der Waals surface area contributed by atoms with Gasteiger partial charge in [-0.25, -0.2) is 0 Å². The lowest BCUT2D eigenvalue weighted by Gasteiger charge is -2.26. The molecule has 0 aromatic heterocycles. The second-order valence-electron chi connectivity index (χ2n) is 9.18. The van der Waals surface area contributed by atoms with Gasteiger partial charge in [0.05, 0.1) is 31.6 Å². The summed E-state index contributed by atoms with van der Waals surface area (Å²) in [6, 6.07) is 22.7. The van der Waals surface area contributed by atoms with E-state index in [1.807, 2.05) is 54.6 Å². The number of anilines is 2. The maximum absolute atomic E-state index is 13.7. The summed E-state index contributed by atoms with van der Waals surface area (Å²) in [5.41, 5.74) is 9.33. The van der Waals surface area contributed by atoms with Gasteiger partial charge in [-0.3, -0.25) is 14.4 Å². The molecular formula is C30H26BrN3O4. The number of ether oxygens (including phenoxy) is 1. The number of amides is 2. The van der Waals surface area contributed by atoms with E-state index in [1.54, 1.807) is 36.3 Å². The number of Topliss-reactive ketones (excluding diaryl/α,β-unsaturated/α-hetero) is 1. The van der Waals surface area contributed by atoms with E-state index in [9.17, 15) is 14.4 Å². The number of carbonyl (C=O) groups excluding carboxylic acids is 3. The van der Waals surface area contributed by atoms with Crippen LogP contribution in [0.2, 0.25) is 0 Å². The van der Waals surface area contributed by atoms with Crippen LogP contribution in [0.4, 0.5) is 11.4 Å². The Morgan fingerprint density at radius 1 is 0.974 bits per heavy atom. The van der Waals surface area contributed by atoms with Gasteiger partial charge in [-0.15, -0.1) is 0 Å². The summed E-state index contributed by atoms with van der Waals surface area (Å²) in [4.78, 5) is 42.2. The average Bonchev–Trinajstić information content (AvgIpc) is 3.03. The number of benzene rings is 4. The Morgan fingerprint density at radius 2 is 1.66 bits per heavy atom. The normalized spacial score (nSPS) is 15.3. The Bertz CT molecular complexity index is 1570. The second kappa shape index (κ2) is 10.4. The monoisotopic (exact) mass is 571 g/mol. The van der Waals surface area contributed by atoms with Gasteiger partial charge in [-0.2, -0.15) is 0 Å². The van der Waals surface area contributed by atoms with Crippen LogP contribution in [0.25, 0.3) is 10.8 Å². The highest BCUT2D eigenvalue weighted by Gasteiger charge is 2.35. The van der Waals surface area contributed by atoms with Crippen molar-refractivity contribution in [2.24, 2.45) is 5.73 Å². The van der Waals surface area contributed by atoms with Gasteiger partial charge in [0.15, 0.2) is 5.78 Å². The molecule has 7 nitrogen and oxygen atoms in total. The van der Waals surface area contributed by atoms with E-state index >= 15 is 0 Å². The first kappa shape index (κ1) is 25.6. The number of fused-ring (bicyclic) bond motifs is 2. The fourth-order valence-corrected chi connectivity index (χ4v) is 5.21. The molecule has 0 bridgehead atoms. The number of carbonyl (C=O) groups is 3. The fraction of sp³-hybridized carbons (Fsp3) is 0.167. The molecule has 38 heavy (non-hydrogen) atoms. The van der Waals surface area contributed by atoms with E-state index in [0.717, 1.165) is 20.8 Å². The number of para-hydroxylation sites is 2. The average molecular weight is 572 g/mol. The number of hydrogen-bond acceptors (Lipinski definition) is 5. The van der Waals surface area contributed by atoms with Crippen LogP contribution in [0.1, 0.15) is 33.2 Å². The van der Waals surface area contributed by atoms with E-state index in [2.05, 4.69) is 15.9 Å². The maximum Gasteiger partial charge on any atom is 0.258 e. The molecule has 1 aliphatic heterocycles. The van der Waals surface area contributed by atoms with Crippen LogP contribution in [0.3, 0.4) is 0 Å². The number of halogens is 1. The lowest BCUT2D eigenvalue weighted by molar-refractivity contribution is -0.119. The standard InChI is InChI=1S/C30H26BrN3O4/c1-18(35)19-7-9-20(10-8-19)29(36)34-17-25(32)30(37)33(26-5-3-4-6-27(26)34)16-24-23-13-12-22(31)15-21(23)11-14-28(24)38-2/h3-15,25H,16-17,32H2,1-2H3/t25-/m0/s1. The zero-order valence-electron chi connectivity index (χ0n) is 21.0. The van der Waals surface area contributed by atoms with Gasteiger partial charge in [-0.05, 0) is 60.2 Å². The van der Waals surface area contributed by atoms with E-state index in [1.165, 1.54) is 11.8 Å². The molecular weight excluding hydrogens is 546 g/mol. The van der Waals surface area contributed by atoms with Crippen LogP contribution >= 0.6 is 15.9 Å². The lowest BCUT2D eigenvalue weighted by Crippen LogP contribution is -2.48. The van der Waals surface area contributed by atoms with Gasteiger partial charge >= 0.3 is 0 Å². The van der Waals surface area contributed by atoms with E-state index in [4.69, 9.17) is 10.5 Å². The molecule has 8 heteroatoms. The smallest absolute Gasteiger partial charge is 0.258 e. The minimum absolute atomic E-state index is 0.0132. The third-order valence-corrected chi connectivity index (χ3v) is 7.29. The molecule has 1 atom stereocenters. The molecule has 0 unspecified atom stereocenters. The zero-order valence-corrected chi connectivity index (χ0v) is 22.6. The number of rotatable bonds is 5. The third-order valence-electron chi connectivity index (χ3n) is 6.80. The zero-order chi connectivity index (χ0) is 27.0. The molecule has 0 saturated heterocycles. The van der Waals surface area contributed by atoms with Crippen molar-refractivity contribution in [1.29, 1.82) is 0 Å². The molecule has 2 amide bonds. The molecule has 1 aliphatic rings. The first-order valence-corrected chi connectivity index (χ1v) is 12.9. The van der Waals surface area contributed by atoms with Crippen molar-refractivity contribution in [2.45, 2.75) is 19.5 Å². The van der Waals surface area contributed by atoms with Gasteiger partial charge in [0.1, 0.15) is 11.8 Å². The fourth-order valence-electron chi connectivity index (χ4n) is 4.83. The number of methoxy groups -OCH3 is 1. The molecule has 0 radical (unpaired) electrons. The van der Waals surface area contributed by atoms with Gasteiger partial charge in [-0.1, -0.05) is 52.3 Å². The first-order valence-electron chi connectivity index (χ1n) is 12.1. The highest BCUT2D eigenvalue weighted by molar-refractivity contribution is 9.10. The van der Waals surface area contributed by atoms with Gasteiger partial charge in [0.2, 0.25) is 5.91 Å². The highest BCUT2D eigenvalue weighted by Crippen LogP contribution is 2.37. The molecule has 0 fully saturated rings. The van der Waals surface area contributed by atoms with Crippen molar-refractivity contribution in [3.05, 3.63) is 100 Å². The summed E-state index contributed by atoms with van der Waals surface area (Å²) in [7, 11) is 1.60. The topological polar surface area (TPSA) is 92.9 Å². The Morgan fingerprint density at radius 3 is 2.34 bits per heavy atom. The highest BCUT2D eigenvalue weighted by atomic mass is 79.9. The van der Waals surface area contributed by atoms with E-state index in [0.29, 0.717) is 28.3 Å². The molecule has 192 valence electrons. The molecule has 0 aliphatic carbocycles. The van der Waals surface area contributed by atoms with E-state index in [-0.39, 0.29) is 30.7 Å². The minimum atomic E-state index is -0.946. The van der Waals surface area contributed by atoms with Crippen LogP contribution in [-0.4, -0.2) is 37.3 Å². The van der Waals surface area contributed by atoms with Crippen molar-refractivity contribution in [3.63, 3.8) is 0 Å². The summed E-state index contributed by atoms with van der Waals surface area (Å²) in [6.45, 7) is 1.70. The molecule has 0 spiro atoms. The second-order valence-corrected chi connectivity index (χ2v) is 10.1. The predicted molar refractivity (Wildman–Crippen MR) is 152 cm³/mol. The maximum atomic E-state index is 13.7. The van der Waals surface area contributed by atoms with Crippen LogP contribution in [0.15, 0.2) is 83.3 Å². The Labute approximate surface area is 228 Å². The summed E-state index contributed by atoms with van der Waals surface area (Å²) < 4.78 is 6.63. The molecule has 2 N–H and O–H groups in total. The van der Waals surface area contributed by atoms with Gasteiger partial charge in [0, 0.05) is 21.2 Å². The first-order chi connectivity index (χ1) is 18.3. The summed E-state index contributed by atoms with van der Waals surface area (Å²) in [5.74, 6) is -0.0221. The van der Waals surface area contributed by atoms with E-state index < -0.39 is 6.04 Å². The predicted octanol–water partition coefficient (Wildman–Crippen LogP) is 5.33. The summed E-state index contributed by atoms with van der Waals surface area (Å²) in [6.07, 6.45) is 0. The van der Waals surface area contributed by atoms with Gasteiger partial charge < -0.3 is 20.3 Å². The van der Waals surface area contributed by atoms with Gasteiger partial charge in [0.25, 0.3) is 5.91 Å². The van der Waals surface area contributed by atoms with Crippen molar-refractivity contribution >= 4 is 55.7 Å². The number of hydrogen-bond donors (Lipinski definition) is 1. The Kier molecular flexibility index (Phi) is 7.01. The molecule has 1 heterocycles. The molecule has 5 rings (SSSR count). The van der Waals surface area contributed by atoms with Crippen LogP contribution in [0, 0.1) is 0 Å². The van der Waals surface area contributed by atoms with Crippen molar-refractivity contribution in [3.8, 4) is 5.75 Å².